The summed E-state index contributed by atoms with van der Waals surface area (Å²) in [6, 6.07) is 0. The zero-order chi connectivity index (χ0) is 32.4. The third-order valence-electron chi connectivity index (χ3n) is 12.8. The third kappa shape index (κ3) is 5.61. The highest BCUT2D eigenvalue weighted by Crippen LogP contribution is 2.69. The average molecular weight is 629 g/mol. The van der Waals surface area contributed by atoms with Crippen molar-refractivity contribution in [2.45, 2.75) is 133 Å². The summed E-state index contributed by atoms with van der Waals surface area (Å²) in [7, 11) is 0. The molecule has 0 bridgehead atoms. The highest BCUT2D eigenvalue weighted by atomic mass is 16.7. The summed E-state index contributed by atoms with van der Waals surface area (Å²) in [6.07, 6.45) is -1.65. The maximum atomic E-state index is 12.5. The molecule has 11 nitrogen and oxygen atoms in total. The number of aliphatic hydroxyl groups excluding tert-OH is 8. The first-order chi connectivity index (χ1) is 20.6. The van der Waals surface area contributed by atoms with Gasteiger partial charge in [-0.3, -0.25) is 0 Å². The van der Waals surface area contributed by atoms with E-state index < -0.39 is 84.6 Å². The first-order valence-corrected chi connectivity index (χ1v) is 16.6. The second-order valence-corrected chi connectivity index (χ2v) is 15.5. The van der Waals surface area contributed by atoms with Crippen LogP contribution in [0.25, 0.3) is 0 Å². The Balaban J connectivity index is 1.21. The van der Waals surface area contributed by atoms with Gasteiger partial charge in [0.1, 0.15) is 24.4 Å². The molecular weight excluding hydrogens is 572 g/mol. The molecule has 0 aromatic rings. The molecule has 44 heavy (non-hydrogen) atoms. The molecule has 5 fully saturated rings. The highest BCUT2D eigenvalue weighted by molar-refractivity contribution is 5.21. The molecule has 11 heteroatoms. The summed E-state index contributed by atoms with van der Waals surface area (Å²) in [5.41, 5.74) is -2.15. The van der Waals surface area contributed by atoms with Gasteiger partial charge in [-0.2, -0.15) is 0 Å². The Morgan fingerprint density at radius 2 is 1.59 bits per heavy atom. The minimum absolute atomic E-state index is 0.0589. The van der Waals surface area contributed by atoms with Crippen molar-refractivity contribution in [2.24, 2.45) is 46.3 Å². The lowest BCUT2D eigenvalue weighted by molar-refractivity contribution is -0.280. The fourth-order valence-corrected chi connectivity index (χ4v) is 10.7. The van der Waals surface area contributed by atoms with Gasteiger partial charge in [0.05, 0.1) is 43.2 Å². The highest BCUT2D eigenvalue weighted by Gasteiger charge is 2.71. The van der Waals surface area contributed by atoms with Gasteiger partial charge < -0.3 is 55.4 Å². The summed E-state index contributed by atoms with van der Waals surface area (Å²) in [6.45, 7) is 8.00. The number of rotatable bonds is 9. The molecule has 0 aromatic heterocycles. The normalized spacial score (nSPS) is 52.8. The van der Waals surface area contributed by atoms with Gasteiger partial charge in [0.2, 0.25) is 0 Å². The van der Waals surface area contributed by atoms with E-state index in [0.29, 0.717) is 25.7 Å². The molecule has 9 unspecified atom stereocenters. The van der Waals surface area contributed by atoms with Gasteiger partial charge in [-0.25, -0.2) is 0 Å². The molecular formula is C33H56O11. The molecule has 5 rings (SSSR count). The predicted molar refractivity (Wildman–Crippen MR) is 159 cm³/mol. The van der Waals surface area contributed by atoms with Crippen LogP contribution in [0.5, 0.6) is 0 Å². The van der Waals surface area contributed by atoms with Gasteiger partial charge in [-0.05, 0) is 73.0 Å². The first-order valence-electron chi connectivity index (χ1n) is 16.6. The van der Waals surface area contributed by atoms with Crippen molar-refractivity contribution in [3.05, 3.63) is 12.2 Å². The van der Waals surface area contributed by atoms with Crippen LogP contribution in [0.3, 0.4) is 0 Å². The Labute approximate surface area is 260 Å². The molecule has 254 valence electrons. The fourth-order valence-electron chi connectivity index (χ4n) is 10.7. The first kappa shape index (κ1) is 34.6. The van der Waals surface area contributed by atoms with E-state index in [9.17, 15) is 40.9 Å². The Bertz CT molecular complexity index is 1030. The quantitative estimate of drug-likeness (QED) is 0.157. The minimum atomic E-state index is -1.36. The van der Waals surface area contributed by atoms with Crippen molar-refractivity contribution < 1.29 is 55.4 Å². The summed E-state index contributed by atoms with van der Waals surface area (Å²) in [4.78, 5) is 0. The fraction of sp³-hybridized carbons (Fsp3) is 0.939. The number of hydrogen-bond donors (Lipinski definition) is 9. The van der Waals surface area contributed by atoms with Crippen LogP contribution in [0.4, 0.5) is 0 Å². The van der Waals surface area contributed by atoms with Gasteiger partial charge in [-0.15, -0.1) is 0 Å². The van der Waals surface area contributed by atoms with E-state index in [2.05, 4.69) is 26.0 Å². The molecule has 0 spiro atoms. The van der Waals surface area contributed by atoms with Gasteiger partial charge >= 0.3 is 0 Å². The van der Waals surface area contributed by atoms with Crippen LogP contribution in [0.1, 0.15) is 72.6 Å². The molecule has 1 heterocycles. The van der Waals surface area contributed by atoms with Crippen molar-refractivity contribution in [1.82, 2.24) is 0 Å². The molecule has 9 N–H and O–H groups in total. The number of allylic oxidation sites excluding steroid dienone is 2. The maximum Gasteiger partial charge on any atom is 0.186 e. The van der Waals surface area contributed by atoms with Gasteiger partial charge in [0, 0.05) is 18.3 Å². The maximum absolute atomic E-state index is 12.5. The average Bonchev–Trinajstić information content (AvgIpc) is 3.40. The molecule has 0 radical (unpaired) electrons. The lowest BCUT2D eigenvalue weighted by Gasteiger charge is -2.66. The van der Waals surface area contributed by atoms with Crippen molar-refractivity contribution in [3.8, 4) is 0 Å². The van der Waals surface area contributed by atoms with E-state index >= 15 is 0 Å². The molecule has 0 amide bonds. The topological polar surface area (TPSA) is 201 Å². The predicted octanol–water partition coefficient (Wildman–Crippen LogP) is 0.0685. The van der Waals surface area contributed by atoms with Gasteiger partial charge in [0.25, 0.3) is 0 Å². The van der Waals surface area contributed by atoms with E-state index in [1.165, 1.54) is 0 Å². The summed E-state index contributed by atoms with van der Waals surface area (Å²) in [5.74, 6) is -0.801. The molecule has 4 saturated carbocycles. The second-order valence-electron chi connectivity index (χ2n) is 15.5. The van der Waals surface area contributed by atoms with E-state index in [1.807, 2.05) is 13.8 Å². The number of hydrogen-bond acceptors (Lipinski definition) is 11. The summed E-state index contributed by atoms with van der Waals surface area (Å²) >= 11 is 0. The van der Waals surface area contributed by atoms with Crippen LogP contribution in [-0.4, -0.2) is 120 Å². The van der Waals surface area contributed by atoms with E-state index in [0.717, 1.165) is 12.8 Å². The second kappa shape index (κ2) is 12.7. The minimum Gasteiger partial charge on any atom is -0.394 e. The summed E-state index contributed by atoms with van der Waals surface area (Å²) < 4.78 is 11.1. The number of ether oxygens (including phenoxy) is 2. The van der Waals surface area contributed by atoms with Crippen LogP contribution in [0.15, 0.2) is 12.2 Å². The molecule has 1 saturated heterocycles. The number of fused-ring (bicyclic) bond motifs is 5. The van der Waals surface area contributed by atoms with Crippen molar-refractivity contribution in [2.75, 3.05) is 13.2 Å². The van der Waals surface area contributed by atoms with E-state index in [-0.39, 0.29) is 42.1 Å². The molecule has 0 aromatic carbocycles. The zero-order valence-corrected chi connectivity index (χ0v) is 26.5. The van der Waals surface area contributed by atoms with Crippen molar-refractivity contribution in [3.63, 3.8) is 0 Å². The summed E-state index contributed by atoms with van der Waals surface area (Å²) in [5, 5.41) is 95.7. The van der Waals surface area contributed by atoms with Crippen LogP contribution in [-0.2, 0) is 9.47 Å². The van der Waals surface area contributed by atoms with Crippen molar-refractivity contribution in [1.29, 1.82) is 0 Å². The zero-order valence-electron chi connectivity index (χ0n) is 26.5. The molecule has 18 atom stereocenters. The Morgan fingerprint density at radius 1 is 0.909 bits per heavy atom. The smallest absolute Gasteiger partial charge is 0.186 e. The van der Waals surface area contributed by atoms with Crippen LogP contribution < -0.4 is 0 Å². The molecule has 4 aliphatic carbocycles. The Kier molecular flexibility index (Phi) is 10.0. The number of aliphatic hydroxyl groups is 9. The lowest BCUT2D eigenvalue weighted by Crippen LogP contribution is -2.70. The van der Waals surface area contributed by atoms with E-state index in [1.54, 1.807) is 0 Å². The van der Waals surface area contributed by atoms with E-state index in [4.69, 9.17) is 14.6 Å². The van der Waals surface area contributed by atoms with Gasteiger partial charge in [0.15, 0.2) is 6.29 Å². The van der Waals surface area contributed by atoms with Crippen molar-refractivity contribution >= 4 is 0 Å². The Hall–Kier alpha value is -0.700. The molecule has 5 aliphatic rings. The standard InChI is InChI=1S/C33H56O11/c1-16(15-43-30-27(41)26(40)28(44-30)22(38)14-34)6-5-7-17(2)18-12-20(36)29-31(18,3)11-9-23-32(4)10-8-19(35)25(39)24(32)21(37)13-33(23,29)42/h5,7,16-30,34-42H,6,8-15H2,1-4H3/b7-5+/t16?,17?,18-,19+,20-,21+,22-,23?,24?,25+,26?,27?,28?,29?,30?,31-,32-,33+/m1/s1. The van der Waals surface area contributed by atoms with Crippen LogP contribution >= 0.6 is 0 Å². The third-order valence-corrected chi connectivity index (χ3v) is 12.8. The Morgan fingerprint density at radius 3 is 2.27 bits per heavy atom. The molecule has 1 aliphatic heterocycles. The lowest BCUT2D eigenvalue weighted by atomic mass is 9.41. The SMILES string of the molecule is CC(C/C=C/C(C)[C@H]1C[C@@H](O)C2[C@]3(O)C[C@H](O)C4[C@@H](O)[C@@H](O)CC[C@]4(C)C3CC[C@@]21C)COC1OC([C@H](O)CO)C(O)C1O. The largest absolute Gasteiger partial charge is 0.394 e. The van der Waals surface area contributed by atoms with Crippen LogP contribution in [0, 0.1) is 46.3 Å². The van der Waals surface area contributed by atoms with Gasteiger partial charge in [-0.1, -0.05) is 39.8 Å². The van der Waals surface area contributed by atoms with Crippen LogP contribution in [0.2, 0.25) is 0 Å². The monoisotopic (exact) mass is 628 g/mol.